The minimum atomic E-state index is -0.828. The number of H-pyrrole nitrogens is 1. The molecule has 0 aliphatic carbocycles. The number of hydrogen-bond acceptors (Lipinski definition) is 4. The molecule has 0 unspecified atom stereocenters. The van der Waals surface area contributed by atoms with Gasteiger partial charge in [-0.2, -0.15) is 0 Å². The second-order valence-corrected chi connectivity index (χ2v) is 7.45. The maximum atomic E-state index is 12.3. The topological polar surface area (TPSA) is 80.4 Å². The van der Waals surface area contributed by atoms with E-state index in [1.54, 1.807) is 0 Å². The van der Waals surface area contributed by atoms with Gasteiger partial charge in [0, 0.05) is 17.3 Å². The van der Waals surface area contributed by atoms with Crippen LogP contribution in [0.25, 0.3) is 22.0 Å². The highest BCUT2D eigenvalue weighted by Crippen LogP contribution is 2.25. The molecule has 1 atom stereocenters. The number of aromatic nitrogens is 1. The van der Waals surface area contributed by atoms with Crippen molar-refractivity contribution in [2.24, 2.45) is 0 Å². The molecule has 0 bridgehead atoms. The van der Waals surface area contributed by atoms with E-state index in [0.29, 0.717) is 6.42 Å². The predicted octanol–water partition coefficient (Wildman–Crippen LogP) is 4.85. The van der Waals surface area contributed by atoms with E-state index in [1.807, 2.05) is 60.7 Å². The summed E-state index contributed by atoms with van der Waals surface area (Å²) in [6, 6.07) is 26.8. The largest absolute Gasteiger partial charge is 0.467 e. The number of carbonyl (C=O) groups excluding carboxylic acids is 2. The monoisotopic (exact) mass is 428 g/mol. The van der Waals surface area contributed by atoms with Crippen molar-refractivity contribution in [3.05, 3.63) is 96.2 Å². The summed E-state index contributed by atoms with van der Waals surface area (Å²) in [4.78, 5) is 27.7. The Bertz CT molecular complexity index is 1200. The Morgan fingerprint density at radius 3 is 2.34 bits per heavy atom. The van der Waals surface area contributed by atoms with E-state index in [-0.39, 0.29) is 6.61 Å². The second-order valence-electron chi connectivity index (χ2n) is 7.45. The number of ether oxygens (including phenoxy) is 2. The van der Waals surface area contributed by atoms with E-state index in [4.69, 9.17) is 9.47 Å². The molecule has 0 saturated heterocycles. The molecule has 4 rings (SSSR count). The van der Waals surface area contributed by atoms with Gasteiger partial charge in [0.05, 0.1) is 12.8 Å². The Kier molecular flexibility index (Phi) is 6.51. The van der Waals surface area contributed by atoms with Gasteiger partial charge in [-0.25, -0.2) is 9.59 Å². The number of benzene rings is 3. The number of carbonyl (C=O) groups is 2. The van der Waals surface area contributed by atoms with Crippen molar-refractivity contribution >= 4 is 23.0 Å². The third-order valence-corrected chi connectivity index (χ3v) is 5.20. The van der Waals surface area contributed by atoms with Crippen LogP contribution >= 0.6 is 0 Å². The molecule has 0 radical (unpaired) electrons. The molecule has 6 heteroatoms. The fraction of sp³-hybridized carbons (Fsp3) is 0.154. The predicted molar refractivity (Wildman–Crippen MR) is 123 cm³/mol. The van der Waals surface area contributed by atoms with Crippen LogP contribution in [-0.4, -0.2) is 30.2 Å². The number of alkyl carbamates (subject to hydrolysis) is 1. The van der Waals surface area contributed by atoms with Crippen molar-refractivity contribution in [1.29, 1.82) is 0 Å². The molecule has 1 aromatic heterocycles. The zero-order chi connectivity index (χ0) is 22.3. The number of esters is 1. The molecule has 0 fully saturated rings. The van der Waals surface area contributed by atoms with Crippen LogP contribution in [0.15, 0.2) is 84.9 Å². The summed E-state index contributed by atoms with van der Waals surface area (Å²) in [5.74, 6) is -0.523. The molecule has 0 spiro atoms. The van der Waals surface area contributed by atoms with Gasteiger partial charge >= 0.3 is 12.1 Å². The van der Waals surface area contributed by atoms with E-state index in [1.165, 1.54) is 7.11 Å². The van der Waals surface area contributed by atoms with Crippen LogP contribution in [0.3, 0.4) is 0 Å². The van der Waals surface area contributed by atoms with Crippen molar-refractivity contribution < 1.29 is 19.1 Å². The van der Waals surface area contributed by atoms with E-state index in [0.717, 1.165) is 33.3 Å². The van der Waals surface area contributed by atoms with Crippen LogP contribution in [0.4, 0.5) is 4.79 Å². The summed E-state index contributed by atoms with van der Waals surface area (Å²) in [6.45, 7) is 0.0560. The number of rotatable bonds is 7. The van der Waals surface area contributed by atoms with Gasteiger partial charge in [-0.15, -0.1) is 0 Å². The molecule has 0 saturated carbocycles. The summed E-state index contributed by atoms with van der Waals surface area (Å²) in [5, 5.41) is 3.63. The molecule has 1 amide bonds. The van der Waals surface area contributed by atoms with E-state index in [2.05, 4.69) is 34.6 Å². The lowest BCUT2D eigenvalue weighted by atomic mass is 10.0. The van der Waals surface area contributed by atoms with Gasteiger partial charge in [-0.3, -0.25) is 0 Å². The van der Waals surface area contributed by atoms with Gasteiger partial charge < -0.3 is 19.8 Å². The number of aromatic amines is 1. The molecule has 0 aliphatic rings. The first kappa shape index (κ1) is 21.2. The Labute approximate surface area is 186 Å². The van der Waals surface area contributed by atoms with Gasteiger partial charge in [-0.05, 0) is 34.9 Å². The lowest BCUT2D eigenvalue weighted by molar-refractivity contribution is -0.143. The molecule has 2 N–H and O–H groups in total. The number of nitrogens with one attached hydrogen (secondary N) is 2. The Morgan fingerprint density at radius 2 is 1.62 bits per heavy atom. The fourth-order valence-electron chi connectivity index (χ4n) is 3.59. The first-order valence-corrected chi connectivity index (χ1v) is 10.3. The van der Waals surface area contributed by atoms with Gasteiger partial charge in [0.15, 0.2) is 0 Å². The lowest BCUT2D eigenvalue weighted by Crippen LogP contribution is -2.43. The van der Waals surface area contributed by atoms with Crippen molar-refractivity contribution in [3.63, 3.8) is 0 Å². The highest BCUT2D eigenvalue weighted by atomic mass is 16.6. The molecule has 1 heterocycles. The maximum absolute atomic E-state index is 12.3. The minimum Gasteiger partial charge on any atom is -0.467 e. The SMILES string of the molecule is COC(=O)[C@@H](Cc1ccccc1)NC(=O)OCc1cc2cc(-c3ccccc3)ccc2[nH]1. The summed E-state index contributed by atoms with van der Waals surface area (Å²) in [5.41, 5.74) is 4.88. The molecule has 4 aromatic rings. The number of hydrogen-bond donors (Lipinski definition) is 2. The minimum absolute atomic E-state index is 0.0560. The molecule has 32 heavy (non-hydrogen) atoms. The normalized spacial score (nSPS) is 11.7. The number of methoxy groups -OCH3 is 1. The second kappa shape index (κ2) is 9.83. The zero-order valence-corrected chi connectivity index (χ0v) is 17.7. The van der Waals surface area contributed by atoms with E-state index in [9.17, 15) is 9.59 Å². The van der Waals surface area contributed by atoms with Crippen LogP contribution in [0.2, 0.25) is 0 Å². The summed E-state index contributed by atoms with van der Waals surface area (Å²) in [6.07, 6.45) is -0.364. The van der Waals surface area contributed by atoms with E-state index < -0.39 is 18.1 Å². The molecule has 162 valence electrons. The third-order valence-electron chi connectivity index (χ3n) is 5.20. The van der Waals surface area contributed by atoms with Crippen molar-refractivity contribution in [3.8, 4) is 11.1 Å². The average Bonchev–Trinajstić information content (AvgIpc) is 3.25. The van der Waals surface area contributed by atoms with Crippen LogP contribution in [0.1, 0.15) is 11.3 Å². The van der Waals surface area contributed by atoms with E-state index >= 15 is 0 Å². The first-order valence-electron chi connectivity index (χ1n) is 10.3. The molecular formula is C26H24N2O4. The molecular weight excluding hydrogens is 404 g/mol. The smallest absolute Gasteiger partial charge is 0.408 e. The fourth-order valence-corrected chi connectivity index (χ4v) is 3.59. The quantitative estimate of drug-likeness (QED) is 0.413. The van der Waals surface area contributed by atoms with Gasteiger partial charge in [-0.1, -0.05) is 66.7 Å². The highest BCUT2D eigenvalue weighted by Gasteiger charge is 2.22. The number of fused-ring (bicyclic) bond motifs is 1. The van der Waals surface area contributed by atoms with Gasteiger partial charge in [0.1, 0.15) is 12.6 Å². The standard InChI is InChI=1S/C26H24N2O4/c1-31-25(29)24(14-18-8-4-2-5-9-18)28-26(30)32-17-22-16-21-15-20(12-13-23(21)27-22)19-10-6-3-7-11-19/h2-13,15-16,24,27H,14,17H2,1H3,(H,28,30)/t24-/m1/s1. The van der Waals surface area contributed by atoms with Crippen LogP contribution in [0.5, 0.6) is 0 Å². The molecule has 3 aromatic carbocycles. The van der Waals surface area contributed by atoms with Crippen LogP contribution in [0, 0.1) is 0 Å². The Balaban J connectivity index is 1.39. The number of amides is 1. The van der Waals surface area contributed by atoms with Gasteiger partial charge in [0.25, 0.3) is 0 Å². The third kappa shape index (κ3) is 5.16. The Morgan fingerprint density at radius 1 is 0.906 bits per heavy atom. The Hall–Kier alpha value is -4.06. The first-order chi connectivity index (χ1) is 15.6. The van der Waals surface area contributed by atoms with Crippen LogP contribution < -0.4 is 5.32 Å². The van der Waals surface area contributed by atoms with Gasteiger partial charge in [0.2, 0.25) is 0 Å². The molecule has 6 nitrogen and oxygen atoms in total. The summed E-state index contributed by atoms with van der Waals surface area (Å²) < 4.78 is 10.2. The summed E-state index contributed by atoms with van der Waals surface area (Å²) in [7, 11) is 1.29. The van der Waals surface area contributed by atoms with Crippen LogP contribution in [-0.2, 0) is 27.3 Å². The highest BCUT2D eigenvalue weighted by molar-refractivity contribution is 5.86. The maximum Gasteiger partial charge on any atom is 0.408 e. The molecule has 0 aliphatic heterocycles. The van der Waals surface area contributed by atoms with Crippen molar-refractivity contribution in [1.82, 2.24) is 10.3 Å². The zero-order valence-electron chi connectivity index (χ0n) is 17.7. The summed E-state index contributed by atoms with van der Waals surface area (Å²) >= 11 is 0. The van der Waals surface area contributed by atoms with Crippen molar-refractivity contribution in [2.45, 2.75) is 19.1 Å². The van der Waals surface area contributed by atoms with Crippen molar-refractivity contribution in [2.75, 3.05) is 7.11 Å². The lowest BCUT2D eigenvalue weighted by Gasteiger charge is -2.16. The average molecular weight is 428 g/mol.